The fourth-order valence-corrected chi connectivity index (χ4v) is 1.82. The van der Waals surface area contributed by atoms with Crippen LogP contribution in [-0.4, -0.2) is 22.5 Å². The SMILES string of the molecule is CCN(Cc1cccnc1C#N)C1CC1. The van der Waals surface area contributed by atoms with Crippen molar-refractivity contribution in [2.45, 2.75) is 32.4 Å². The van der Waals surface area contributed by atoms with Gasteiger partial charge in [0.05, 0.1) is 0 Å². The van der Waals surface area contributed by atoms with E-state index in [1.165, 1.54) is 12.8 Å². The Balaban J connectivity index is 2.12. The van der Waals surface area contributed by atoms with E-state index in [0.717, 1.165) is 24.7 Å². The molecule has 0 unspecified atom stereocenters. The third kappa shape index (κ3) is 2.34. The largest absolute Gasteiger partial charge is 0.296 e. The first-order valence-corrected chi connectivity index (χ1v) is 5.43. The van der Waals surface area contributed by atoms with Gasteiger partial charge in [-0.2, -0.15) is 5.26 Å². The van der Waals surface area contributed by atoms with Crippen LogP contribution >= 0.6 is 0 Å². The molecule has 1 fully saturated rings. The normalized spacial score (nSPS) is 15.3. The Morgan fingerprint density at radius 1 is 1.60 bits per heavy atom. The molecule has 0 N–H and O–H groups in total. The lowest BCUT2D eigenvalue weighted by Crippen LogP contribution is -2.25. The molecule has 78 valence electrons. The van der Waals surface area contributed by atoms with Gasteiger partial charge in [-0.3, -0.25) is 4.90 Å². The molecule has 3 heteroatoms. The molecule has 0 amide bonds. The van der Waals surface area contributed by atoms with Gasteiger partial charge in [-0.05, 0) is 25.5 Å². The smallest absolute Gasteiger partial charge is 0.144 e. The zero-order valence-electron chi connectivity index (χ0n) is 8.98. The zero-order valence-corrected chi connectivity index (χ0v) is 8.98. The molecular formula is C12H15N3. The van der Waals surface area contributed by atoms with Crippen LogP contribution in [0.25, 0.3) is 0 Å². The van der Waals surface area contributed by atoms with Gasteiger partial charge in [0.15, 0.2) is 0 Å². The van der Waals surface area contributed by atoms with Crippen LogP contribution in [0.1, 0.15) is 31.0 Å². The Bertz CT molecular complexity index is 377. The molecule has 1 aromatic rings. The number of rotatable bonds is 4. The first kappa shape index (κ1) is 10.1. The van der Waals surface area contributed by atoms with Crippen molar-refractivity contribution in [2.24, 2.45) is 0 Å². The lowest BCUT2D eigenvalue weighted by molar-refractivity contribution is 0.269. The van der Waals surface area contributed by atoms with Gasteiger partial charge in [0, 0.05) is 24.3 Å². The van der Waals surface area contributed by atoms with Gasteiger partial charge in [0.1, 0.15) is 11.8 Å². The topological polar surface area (TPSA) is 39.9 Å². The predicted molar refractivity (Wildman–Crippen MR) is 58.1 cm³/mol. The molecule has 0 aromatic carbocycles. The summed E-state index contributed by atoms with van der Waals surface area (Å²) in [6.07, 6.45) is 4.28. The average molecular weight is 201 g/mol. The van der Waals surface area contributed by atoms with Crippen molar-refractivity contribution in [3.8, 4) is 6.07 Å². The van der Waals surface area contributed by atoms with Crippen LogP contribution in [0.2, 0.25) is 0 Å². The minimum atomic E-state index is 0.566. The lowest BCUT2D eigenvalue weighted by Gasteiger charge is -2.19. The molecule has 1 aliphatic carbocycles. The van der Waals surface area contributed by atoms with E-state index in [0.29, 0.717) is 5.69 Å². The van der Waals surface area contributed by atoms with E-state index in [-0.39, 0.29) is 0 Å². The van der Waals surface area contributed by atoms with E-state index in [1.54, 1.807) is 6.20 Å². The van der Waals surface area contributed by atoms with Gasteiger partial charge in [0.2, 0.25) is 0 Å². The molecule has 0 atom stereocenters. The number of aromatic nitrogens is 1. The van der Waals surface area contributed by atoms with Crippen molar-refractivity contribution in [2.75, 3.05) is 6.54 Å². The van der Waals surface area contributed by atoms with Crippen molar-refractivity contribution in [1.82, 2.24) is 9.88 Å². The highest BCUT2D eigenvalue weighted by Gasteiger charge is 2.28. The highest BCUT2D eigenvalue weighted by Crippen LogP contribution is 2.28. The Kier molecular flexibility index (Phi) is 2.98. The van der Waals surface area contributed by atoms with Crippen LogP contribution in [0.4, 0.5) is 0 Å². The summed E-state index contributed by atoms with van der Waals surface area (Å²) >= 11 is 0. The van der Waals surface area contributed by atoms with Crippen LogP contribution in [0, 0.1) is 11.3 Å². The Labute approximate surface area is 90.4 Å². The third-order valence-corrected chi connectivity index (χ3v) is 2.84. The van der Waals surface area contributed by atoms with Gasteiger partial charge in [0.25, 0.3) is 0 Å². The van der Waals surface area contributed by atoms with Crippen LogP contribution in [-0.2, 0) is 6.54 Å². The highest BCUT2D eigenvalue weighted by molar-refractivity contribution is 5.30. The second kappa shape index (κ2) is 4.41. The van der Waals surface area contributed by atoms with Gasteiger partial charge < -0.3 is 0 Å². The molecule has 1 heterocycles. The van der Waals surface area contributed by atoms with E-state index in [1.807, 2.05) is 12.1 Å². The van der Waals surface area contributed by atoms with Crippen molar-refractivity contribution >= 4 is 0 Å². The number of hydrogen-bond donors (Lipinski definition) is 0. The monoisotopic (exact) mass is 201 g/mol. The Morgan fingerprint density at radius 3 is 3.00 bits per heavy atom. The molecular weight excluding hydrogens is 186 g/mol. The van der Waals surface area contributed by atoms with Crippen molar-refractivity contribution < 1.29 is 0 Å². The van der Waals surface area contributed by atoms with Gasteiger partial charge >= 0.3 is 0 Å². The van der Waals surface area contributed by atoms with Gasteiger partial charge in [-0.15, -0.1) is 0 Å². The predicted octanol–water partition coefficient (Wildman–Crippen LogP) is 1.94. The second-order valence-electron chi connectivity index (χ2n) is 3.92. The Hall–Kier alpha value is -1.40. The Morgan fingerprint density at radius 2 is 2.40 bits per heavy atom. The molecule has 1 aromatic heterocycles. The van der Waals surface area contributed by atoms with E-state index in [2.05, 4.69) is 22.9 Å². The summed E-state index contributed by atoms with van der Waals surface area (Å²) in [4.78, 5) is 6.49. The molecule has 0 saturated heterocycles. The fraction of sp³-hybridized carbons (Fsp3) is 0.500. The standard InChI is InChI=1S/C12H15N3/c1-2-15(11-5-6-11)9-10-4-3-7-14-12(10)8-13/h3-4,7,11H,2,5-6,9H2,1H3. The molecule has 0 aliphatic heterocycles. The van der Waals surface area contributed by atoms with Crippen LogP contribution in [0.15, 0.2) is 18.3 Å². The maximum Gasteiger partial charge on any atom is 0.144 e. The molecule has 0 bridgehead atoms. The number of nitriles is 1. The van der Waals surface area contributed by atoms with Crippen molar-refractivity contribution in [1.29, 1.82) is 5.26 Å². The third-order valence-electron chi connectivity index (χ3n) is 2.84. The number of pyridine rings is 1. The summed E-state index contributed by atoms with van der Waals surface area (Å²) in [6, 6.07) is 6.78. The maximum atomic E-state index is 8.93. The zero-order chi connectivity index (χ0) is 10.7. The van der Waals surface area contributed by atoms with Crippen molar-refractivity contribution in [3.63, 3.8) is 0 Å². The first-order chi connectivity index (χ1) is 7.35. The maximum absolute atomic E-state index is 8.93. The average Bonchev–Trinajstić information content (AvgIpc) is 3.10. The van der Waals surface area contributed by atoms with Gasteiger partial charge in [-0.1, -0.05) is 13.0 Å². The minimum absolute atomic E-state index is 0.566. The first-order valence-electron chi connectivity index (χ1n) is 5.43. The quantitative estimate of drug-likeness (QED) is 0.747. The summed E-state index contributed by atoms with van der Waals surface area (Å²) in [6.45, 7) is 4.07. The van der Waals surface area contributed by atoms with Crippen molar-refractivity contribution in [3.05, 3.63) is 29.6 Å². The lowest BCUT2D eigenvalue weighted by atomic mass is 10.2. The van der Waals surface area contributed by atoms with E-state index in [9.17, 15) is 0 Å². The molecule has 2 rings (SSSR count). The van der Waals surface area contributed by atoms with E-state index < -0.39 is 0 Å². The number of nitrogens with zero attached hydrogens (tertiary/aromatic N) is 3. The summed E-state index contributed by atoms with van der Waals surface area (Å²) < 4.78 is 0. The molecule has 1 saturated carbocycles. The number of hydrogen-bond acceptors (Lipinski definition) is 3. The fourth-order valence-electron chi connectivity index (χ4n) is 1.82. The van der Waals surface area contributed by atoms with Gasteiger partial charge in [-0.25, -0.2) is 4.98 Å². The van der Waals surface area contributed by atoms with Crippen LogP contribution < -0.4 is 0 Å². The van der Waals surface area contributed by atoms with Crippen LogP contribution in [0.3, 0.4) is 0 Å². The summed E-state index contributed by atoms with van der Waals surface area (Å²) in [5.74, 6) is 0. The highest BCUT2D eigenvalue weighted by atomic mass is 15.2. The summed E-state index contributed by atoms with van der Waals surface area (Å²) in [5, 5.41) is 8.93. The van der Waals surface area contributed by atoms with E-state index >= 15 is 0 Å². The second-order valence-corrected chi connectivity index (χ2v) is 3.92. The van der Waals surface area contributed by atoms with E-state index in [4.69, 9.17) is 5.26 Å². The molecule has 0 radical (unpaired) electrons. The van der Waals surface area contributed by atoms with Crippen LogP contribution in [0.5, 0.6) is 0 Å². The molecule has 0 spiro atoms. The summed E-state index contributed by atoms with van der Waals surface area (Å²) in [5.41, 5.74) is 1.62. The molecule has 15 heavy (non-hydrogen) atoms. The molecule has 3 nitrogen and oxygen atoms in total. The molecule has 1 aliphatic rings. The minimum Gasteiger partial charge on any atom is -0.296 e. The summed E-state index contributed by atoms with van der Waals surface area (Å²) in [7, 11) is 0.